The summed E-state index contributed by atoms with van der Waals surface area (Å²) in [5.41, 5.74) is 5.29. The lowest BCUT2D eigenvalue weighted by Gasteiger charge is -1.98. The predicted octanol–water partition coefficient (Wildman–Crippen LogP) is 2.34. The fourth-order valence-corrected chi connectivity index (χ4v) is 1.12. The van der Waals surface area contributed by atoms with Crippen LogP contribution in [0.1, 0.15) is 0 Å². The first kappa shape index (κ1) is 9.57. The van der Waals surface area contributed by atoms with E-state index in [1.807, 2.05) is 0 Å². The molecule has 0 saturated heterocycles. The number of anilines is 1. The van der Waals surface area contributed by atoms with Crippen molar-refractivity contribution >= 4 is 5.82 Å². The molecule has 78 valence electrons. The van der Waals surface area contributed by atoms with Gasteiger partial charge < -0.3 is 10.3 Å². The fraction of sp³-hybridized carbons (Fsp3) is 0. The van der Waals surface area contributed by atoms with E-state index in [9.17, 15) is 13.2 Å². The molecule has 2 aromatic rings. The van der Waals surface area contributed by atoms with Crippen LogP contribution in [0.15, 0.2) is 22.7 Å². The van der Waals surface area contributed by atoms with Crippen LogP contribution < -0.4 is 5.73 Å². The summed E-state index contributed by atoms with van der Waals surface area (Å²) in [6.07, 6.45) is 0. The highest BCUT2D eigenvalue weighted by molar-refractivity contribution is 5.60. The Kier molecular flexibility index (Phi) is 2.11. The third-order valence-corrected chi connectivity index (χ3v) is 1.80. The number of nitrogens with two attached hydrogens (primary N) is 1. The smallest absolute Gasteiger partial charge is 0.194 e. The molecule has 1 aromatic heterocycles. The highest BCUT2D eigenvalue weighted by atomic mass is 19.2. The maximum absolute atomic E-state index is 12.8. The number of hydrogen-bond donors (Lipinski definition) is 1. The number of hydrogen-bond acceptors (Lipinski definition) is 3. The van der Waals surface area contributed by atoms with Gasteiger partial charge in [0.1, 0.15) is 0 Å². The molecule has 0 aliphatic carbocycles. The molecule has 0 fully saturated rings. The highest BCUT2D eigenvalue weighted by Gasteiger charge is 2.13. The van der Waals surface area contributed by atoms with Gasteiger partial charge in [-0.25, -0.2) is 13.2 Å². The third-order valence-electron chi connectivity index (χ3n) is 1.80. The Morgan fingerprint density at radius 3 is 2.13 bits per heavy atom. The maximum Gasteiger partial charge on any atom is 0.194 e. The molecule has 1 heterocycles. The summed E-state index contributed by atoms with van der Waals surface area (Å²) < 4.78 is 42.9. The van der Waals surface area contributed by atoms with Gasteiger partial charge in [0, 0.05) is 11.6 Å². The number of benzene rings is 1. The molecule has 0 bridgehead atoms. The van der Waals surface area contributed by atoms with E-state index in [-0.39, 0.29) is 17.1 Å². The van der Waals surface area contributed by atoms with E-state index in [4.69, 9.17) is 5.73 Å². The minimum atomic E-state index is -1.52. The van der Waals surface area contributed by atoms with Gasteiger partial charge in [0.05, 0.1) is 0 Å². The topological polar surface area (TPSA) is 52.0 Å². The van der Waals surface area contributed by atoms with Gasteiger partial charge >= 0.3 is 0 Å². The van der Waals surface area contributed by atoms with Crippen molar-refractivity contribution in [3.8, 4) is 11.3 Å². The van der Waals surface area contributed by atoms with Gasteiger partial charge in [-0.1, -0.05) is 5.16 Å². The van der Waals surface area contributed by atoms with Crippen molar-refractivity contribution in [1.82, 2.24) is 5.16 Å². The molecule has 1 aromatic carbocycles. The number of nitrogen functional groups attached to an aromatic ring is 1. The number of nitrogens with zero attached hydrogens (tertiary/aromatic N) is 1. The summed E-state index contributed by atoms with van der Waals surface area (Å²) in [5, 5.41) is 3.34. The largest absolute Gasteiger partial charge is 0.381 e. The summed E-state index contributed by atoms with van der Waals surface area (Å²) in [4.78, 5) is 0. The van der Waals surface area contributed by atoms with E-state index in [1.165, 1.54) is 6.07 Å². The van der Waals surface area contributed by atoms with Crippen LogP contribution in [0, 0.1) is 17.5 Å². The molecule has 0 saturated carbocycles. The second kappa shape index (κ2) is 3.30. The summed E-state index contributed by atoms with van der Waals surface area (Å²) >= 11 is 0. The number of rotatable bonds is 1. The van der Waals surface area contributed by atoms with Crippen LogP contribution in [-0.2, 0) is 0 Å². The van der Waals surface area contributed by atoms with Crippen molar-refractivity contribution in [2.75, 3.05) is 5.73 Å². The van der Waals surface area contributed by atoms with Gasteiger partial charge in [-0.15, -0.1) is 0 Å². The monoisotopic (exact) mass is 214 g/mol. The molecule has 0 aliphatic rings. The Hall–Kier alpha value is -1.98. The SMILES string of the molecule is Nc1cc(-c2cc(F)c(F)c(F)c2)on1. The minimum absolute atomic E-state index is 0.0376. The van der Waals surface area contributed by atoms with Crippen LogP contribution in [0.3, 0.4) is 0 Å². The van der Waals surface area contributed by atoms with E-state index in [2.05, 4.69) is 9.68 Å². The molecular formula is C9H5F3N2O. The first-order valence-corrected chi connectivity index (χ1v) is 3.95. The summed E-state index contributed by atoms with van der Waals surface area (Å²) in [5.74, 6) is -3.95. The number of aromatic nitrogens is 1. The van der Waals surface area contributed by atoms with Gasteiger partial charge in [-0.3, -0.25) is 0 Å². The second-order valence-corrected chi connectivity index (χ2v) is 2.87. The van der Waals surface area contributed by atoms with Crippen LogP contribution in [-0.4, -0.2) is 5.16 Å². The van der Waals surface area contributed by atoms with E-state index in [1.54, 1.807) is 0 Å². The van der Waals surface area contributed by atoms with Crippen molar-refractivity contribution in [2.24, 2.45) is 0 Å². The van der Waals surface area contributed by atoms with Crippen molar-refractivity contribution in [3.63, 3.8) is 0 Å². The quantitative estimate of drug-likeness (QED) is 0.741. The van der Waals surface area contributed by atoms with Crippen molar-refractivity contribution < 1.29 is 17.7 Å². The average Bonchev–Trinajstić information content (AvgIpc) is 2.60. The zero-order chi connectivity index (χ0) is 11.0. The van der Waals surface area contributed by atoms with E-state index < -0.39 is 17.5 Å². The molecule has 0 spiro atoms. The number of halogens is 3. The van der Waals surface area contributed by atoms with Crippen molar-refractivity contribution in [2.45, 2.75) is 0 Å². The van der Waals surface area contributed by atoms with Gasteiger partial charge in [0.2, 0.25) is 0 Å². The summed E-state index contributed by atoms with van der Waals surface area (Å²) in [7, 11) is 0. The molecule has 0 unspecified atom stereocenters. The van der Waals surface area contributed by atoms with Gasteiger partial charge in [0.15, 0.2) is 29.0 Å². The lowest BCUT2D eigenvalue weighted by Crippen LogP contribution is -1.91. The molecule has 15 heavy (non-hydrogen) atoms. The molecule has 0 atom stereocenters. The molecule has 0 amide bonds. The van der Waals surface area contributed by atoms with Crippen LogP contribution in [0.2, 0.25) is 0 Å². The molecule has 2 rings (SSSR count). The predicted molar refractivity (Wildman–Crippen MR) is 46.2 cm³/mol. The lowest BCUT2D eigenvalue weighted by molar-refractivity contribution is 0.430. The van der Waals surface area contributed by atoms with Crippen molar-refractivity contribution in [3.05, 3.63) is 35.7 Å². The second-order valence-electron chi connectivity index (χ2n) is 2.87. The first-order chi connectivity index (χ1) is 7.08. The summed E-state index contributed by atoms with van der Waals surface area (Å²) in [6, 6.07) is 2.89. The Balaban J connectivity index is 2.55. The standard InChI is InChI=1S/C9H5F3N2O/c10-5-1-4(2-6(11)9(5)12)7-3-8(13)14-15-7/h1-3H,(H2,13,14). The third kappa shape index (κ3) is 1.65. The Bertz CT molecular complexity index is 487. The Morgan fingerprint density at radius 1 is 1.07 bits per heavy atom. The fourth-order valence-electron chi connectivity index (χ4n) is 1.12. The van der Waals surface area contributed by atoms with E-state index >= 15 is 0 Å². The normalized spacial score (nSPS) is 10.6. The molecule has 0 radical (unpaired) electrons. The van der Waals surface area contributed by atoms with Gasteiger partial charge in [-0.05, 0) is 12.1 Å². The van der Waals surface area contributed by atoms with Crippen LogP contribution in [0.25, 0.3) is 11.3 Å². The van der Waals surface area contributed by atoms with Gasteiger partial charge in [0.25, 0.3) is 0 Å². The van der Waals surface area contributed by atoms with E-state index in [0.29, 0.717) is 0 Å². The van der Waals surface area contributed by atoms with Crippen LogP contribution >= 0.6 is 0 Å². The van der Waals surface area contributed by atoms with E-state index in [0.717, 1.165) is 12.1 Å². The average molecular weight is 214 g/mol. The molecular weight excluding hydrogens is 209 g/mol. The molecule has 3 nitrogen and oxygen atoms in total. The molecule has 2 N–H and O–H groups in total. The lowest BCUT2D eigenvalue weighted by atomic mass is 10.1. The van der Waals surface area contributed by atoms with Gasteiger partial charge in [-0.2, -0.15) is 0 Å². The maximum atomic E-state index is 12.8. The summed E-state index contributed by atoms with van der Waals surface area (Å²) in [6.45, 7) is 0. The minimum Gasteiger partial charge on any atom is -0.381 e. The van der Waals surface area contributed by atoms with Crippen LogP contribution in [0.5, 0.6) is 0 Å². The highest BCUT2D eigenvalue weighted by Crippen LogP contribution is 2.24. The Labute approximate surface area is 82.3 Å². The zero-order valence-corrected chi connectivity index (χ0v) is 7.30. The van der Waals surface area contributed by atoms with Crippen molar-refractivity contribution in [1.29, 1.82) is 0 Å². The van der Waals surface area contributed by atoms with Crippen LogP contribution in [0.4, 0.5) is 19.0 Å². The molecule has 6 heteroatoms. The molecule has 0 aliphatic heterocycles. The Morgan fingerprint density at radius 2 is 1.67 bits per heavy atom. The first-order valence-electron chi connectivity index (χ1n) is 3.95. The zero-order valence-electron chi connectivity index (χ0n) is 7.30.